The second-order valence-electron chi connectivity index (χ2n) is 3.86. The van der Waals surface area contributed by atoms with Crippen molar-refractivity contribution in [2.45, 2.75) is 52.4 Å². The molecule has 14 heavy (non-hydrogen) atoms. The van der Waals surface area contributed by atoms with E-state index in [0.717, 1.165) is 6.42 Å². The van der Waals surface area contributed by atoms with Crippen LogP contribution in [0.1, 0.15) is 50.7 Å². The molecule has 0 bridgehead atoms. The molecule has 0 unspecified atom stereocenters. The molecular weight excluding hydrogens is 168 g/mol. The highest BCUT2D eigenvalue weighted by molar-refractivity contribution is 5.26. The molecule has 77 valence electrons. The number of hydrogen-bond acceptors (Lipinski definition) is 0. The molecule has 0 aliphatic rings. The Labute approximate surface area is 88.4 Å². The maximum Gasteiger partial charge on any atom is -0.0181 e. The van der Waals surface area contributed by atoms with Gasteiger partial charge in [-0.2, -0.15) is 0 Å². The summed E-state index contributed by atoms with van der Waals surface area (Å²) in [6, 6.07) is 9.55. The van der Waals surface area contributed by atoms with Crippen molar-refractivity contribution in [3.05, 3.63) is 35.4 Å². The van der Waals surface area contributed by atoms with E-state index in [-0.39, 0.29) is 0 Å². The van der Waals surface area contributed by atoms with E-state index in [2.05, 4.69) is 32.0 Å². The third kappa shape index (κ3) is 3.53. The Morgan fingerprint density at radius 1 is 1.07 bits per heavy atom. The molecule has 0 aromatic heterocycles. The van der Waals surface area contributed by atoms with Gasteiger partial charge in [-0.1, -0.05) is 51.3 Å². The first kappa shape index (κ1) is 11.3. The van der Waals surface area contributed by atoms with Gasteiger partial charge in [-0.05, 0) is 36.5 Å². The van der Waals surface area contributed by atoms with Crippen molar-refractivity contribution in [2.75, 3.05) is 0 Å². The molecule has 0 spiro atoms. The standard InChI is InChI=1S/C14H21/c1-3-5-6-7-11-14-12-9-8-10-13(14)4-2/h9-10,12H,3-7,11H2,1-2H3. The van der Waals surface area contributed by atoms with Crippen molar-refractivity contribution in [3.63, 3.8) is 0 Å². The summed E-state index contributed by atoms with van der Waals surface area (Å²) in [6.45, 7) is 4.48. The van der Waals surface area contributed by atoms with Crippen molar-refractivity contribution in [2.24, 2.45) is 0 Å². The number of unbranched alkanes of at least 4 members (excludes halogenated alkanes) is 3. The minimum Gasteiger partial charge on any atom is -0.0654 e. The van der Waals surface area contributed by atoms with Gasteiger partial charge in [0.25, 0.3) is 0 Å². The monoisotopic (exact) mass is 189 g/mol. The zero-order chi connectivity index (χ0) is 10.2. The summed E-state index contributed by atoms with van der Waals surface area (Å²) in [4.78, 5) is 0. The van der Waals surface area contributed by atoms with Crippen LogP contribution < -0.4 is 0 Å². The Morgan fingerprint density at radius 3 is 2.64 bits per heavy atom. The van der Waals surface area contributed by atoms with Crippen LogP contribution in [-0.4, -0.2) is 0 Å². The van der Waals surface area contributed by atoms with E-state index in [0.29, 0.717) is 0 Å². The summed E-state index contributed by atoms with van der Waals surface area (Å²) < 4.78 is 0. The summed E-state index contributed by atoms with van der Waals surface area (Å²) in [5.41, 5.74) is 3.01. The predicted molar refractivity (Wildman–Crippen MR) is 62.5 cm³/mol. The Balaban J connectivity index is 2.41. The first-order valence-electron chi connectivity index (χ1n) is 5.86. The van der Waals surface area contributed by atoms with Crippen LogP contribution in [0, 0.1) is 6.07 Å². The average molecular weight is 189 g/mol. The molecule has 0 amide bonds. The predicted octanol–water partition coefficient (Wildman–Crippen LogP) is 4.17. The van der Waals surface area contributed by atoms with E-state index in [4.69, 9.17) is 0 Å². The van der Waals surface area contributed by atoms with E-state index >= 15 is 0 Å². The summed E-state index contributed by atoms with van der Waals surface area (Å²) in [5.74, 6) is 0. The normalized spacial score (nSPS) is 10.4. The van der Waals surface area contributed by atoms with Crippen molar-refractivity contribution >= 4 is 0 Å². The van der Waals surface area contributed by atoms with Gasteiger partial charge in [0.2, 0.25) is 0 Å². The van der Waals surface area contributed by atoms with Crippen LogP contribution in [0.15, 0.2) is 18.2 Å². The Kier molecular flexibility index (Phi) is 5.36. The molecule has 0 fully saturated rings. The van der Waals surface area contributed by atoms with Crippen molar-refractivity contribution < 1.29 is 0 Å². The zero-order valence-electron chi connectivity index (χ0n) is 9.47. The molecule has 0 heteroatoms. The summed E-state index contributed by atoms with van der Waals surface area (Å²) in [6.07, 6.45) is 7.80. The average Bonchev–Trinajstić information content (AvgIpc) is 2.25. The van der Waals surface area contributed by atoms with Crippen LogP contribution in [-0.2, 0) is 12.8 Å². The Hall–Kier alpha value is -0.780. The maximum atomic E-state index is 3.15. The lowest BCUT2D eigenvalue weighted by Crippen LogP contribution is -1.92. The van der Waals surface area contributed by atoms with Gasteiger partial charge in [0.1, 0.15) is 0 Å². The minimum absolute atomic E-state index is 1.14. The molecule has 1 radical (unpaired) electrons. The van der Waals surface area contributed by atoms with Crippen molar-refractivity contribution in [3.8, 4) is 0 Å². The lowest BCUT2D eigenvalue weighted by molar-refractivity contribution is 0.665. The topological polar surface area (TPSA) is 0 Å². The van der Waals surface area contributed by atoms with Gasteiger partial charge in [-0.3, -0.25) is 0 Å². The molecule has 1 aromatic carbocycles. The third-order valence-electron chi connectivity index (χ3n) is 2.73. The van der Waals surface area contributed by atoms with Crippen LogP contribution in [0.2, 0.25) is 0 Å². The molecule has 1 rings (SSSR count). The van der Waals surface area contributed by atoms with Gasteiger partial charge in [-0.25, -0.2) is 0 Å². The SMILES string of the molecule is CCCCCCc1cc[c]cc1CC. The van der Waals surface area contributed by atoms with Gasteiger partial charge < -0.3 is 0 Å². The largest absolute Gasteiger partial charge is 0.0654 e. The van der Waals surface area contributed by atoms with Gasteiger partial charge >= 0.3 is 0 Å². The molecule has 0 heterocycles. The molecule has 0 atom stereocenters. The quantitative estimate of drug-likeness (QED) is 0.589. The minimum atomic E-state index is 1.14. The molecule has 0 saturated carbocycles. The van der Waals surface area contributed by atoms with E-state index < -0.39 is 0 Å². The molecule has 0 N–H and O–H groups in total. The highest BCUT2D eigenvalue weighted by Crippen LogP contribution is 2.13. The summed E-state index contributed by atoms with van der Waals surface area (Å²) >= 11 is 0. The highest BCUT2D eigenvalue weighted by Gasteiger charge is 1.98. The van der Waals surface area contributed by atoms with Crippen molar-refractivity contribution in [1.29, 1.82) is 0 Å². The first-order chi connectivity index (χ1) is 6.88. The second kappa shape index (κ2) is 6.64. The van der Waals surface area contributed by atoms with Gasteiger partial charge in [-0.15, -0.1) is 0 Å². The Bertz CT molecular complexity index is 250. The number of hydrogen-bond donors (Lipinski definition) is 0. The fourth-order valence-electron chi connectivity index (χ4n) is 1.81. The second-order valence-corrected chi connectivity index (χ2v) is 3.86. The van der Waals surface area contributed by atoms with Crippen LogP contribution in [0.4, 0.5) is 0 Å². The summed E-state index contributed by atoms with van der Waals surface area (Å²) in [5, 5.41) is 0. The fourth-order valence-corrected chi connectivity index (χ4v) is 1.81. The van der Waals surface area contributed by atoms with Crippen LogP contribution >= 0.6 is 0 Å². The summed E-state index contributed by atoms with van der Waals surface area (Å²) in [7, 11) is 0. The smallest absolute Gasteiger partial charge is 0.0181 e. The first-order valence-corrected chi connectivity index (χ1v) is 5.86. The molecule has 0 nitrogen and oxygen atoms in total. The van der Waals surface area contributed by atoms with Gasteiger partial charge in [0, 0.05) is 0 Å². The van der Waals surface area contributed by atoms with E-state index in [1.165, 1.54) is 43.2 Å². The zero-order valence-corrected chi connectivity index (χ0v) is 9.47. The lowest BCUT2D eigenvalue weighted by atomic mass is 9.99. The third-order valence-corrected chi connectivity index (χ3v) is 2.73. The Morgan fingerprint density at radius 2 is 1.93 bits per heavy atom. The lowest BCUT2D eigenvalue weighted by Gasteiger charge is -2.06. The number of aryl methyl sites for hydroxylation is 2. The van der Waals surface area contributed by atoms with Crippen LogP contribution in [0.5, 0.6) is 0 Å². The van der Waals surface area contributed by atoms with Gasteiger partial charge in [0.05, 0.1) is 0 Å². The molecular formula is C14H21. The van der Waals surface area contributed by atoms with Gasteiger partial charge in [0.15, 0.2) is 0 Å². The molecule has 0 aliphatic carbocycles. The molecule has 0 aliphatic heterocycles. The highest BCUT2D eigenvalue weighted by atomic mass is 14.0. The van der Waals surface area contributed by atoms with E-state index in [1.807, 2.05) is 6.07 Å². The maximum absolute atomic E-state index is 3.15. The molecule has 0 saturated heterocycles. The molecule has 1 aromatic rings. The fraction of sp³-hybridized carbons (Fsp3) is 0.571. The number of benzene rings is 1. The van der Waals surface area contributed by atoms with Crippen LogP contribution in [0.25, 0.3) is 0 Å². The number of rotatable bonds is 6. The van der Waals surface area contributed by atoms with E-state index in [1.54, 1.807) is 0 Å². The van der Waals surface area contributed by atoms with Crippen molar-refractivity contribution in [1.82, 2.24) is 0 Å². The van der Waals surface area contributed by atoms with E-state index in [9.17, 15) is 0 Å². The van der Waals surface area contributed by atoms with Crippen LogP contribution in [0.3, 0.4) is 0 Å².